The van der Waals surface area contributed by atoms with Crippen molar-refractivity contribution >= 4 is 27.6 Å². The molecule has 3 aromatic rings. The number of sulfonamides is 1. The van der Waals surface area contributed by atoms with E-state index >= 15 is 0 Å². The third kappa shape index (κ3) is 3.57. The minimum atomic E-state index is -3.78. The van der Waals surface area contributed by atoms with Crippen molar-refractivity contribution in [3.05, 3.63) is 53.1 Å². The van der Waals surface area contributed by atoms with Gasteiger partial charge in [0.25, 0.3) is 16.0 Å². The van der Waals surface area contributed by atoms with Gasteiger partial charge in [0.05, 0.1) is 12.2 Å². The Morgan fingerprint density at radius 2 is 2.08 bits per heavy atom. The van der Waals surface area contributed by atoms with E-state index in [-0.39, 0.29) is 10.8 Å². The van der Waals surface area contributed by atoms with Crippen molar-refractivity contribution in [1.82, 2.24) is 24.5 Å². The van der Waals surface area contributed by atoms with Crippen LogP contribution in [0.3, 0.4) is 0 Å². The predicted molar refractivity (Wildman–Crippen MR) is 89.3 cm³/mol. The summed E-state index contributed by atoms with van der Waals surface area (Å²) in [7, 11) is -2.13. The van der Waals surface area contributed by atoms with Gasteiger partial charge >= 0.3 is 0 Å². The van der Waals surface area contributed by atoms with E-state index in [1.54, 1.807) is 20.0 Å². The first-order chi connectivity index (χ1) is 11.3. The SMILES string of the molecule is Cc1nn(C)cc1S(=O)(=O)Nc1ncn(Cc2cccc(Cl)c2)n1. The molecule has 0 spiro atoms. The number of benzene rings is 1. The zero-order valence-electron chi connectivity index (χ0n) is 13.0. The van der Waals surface area contributed by atoms with Crippen LogP contribution in [0, 0.1) is 6.92 Å². The van der Waals surface area contributed by atoms with Gasteiger partial charge in [-0.1, -0.05) is 23.7 Å². The Morgan fingerprint density at radius 3 is 2.75 bits per heavy atom. The second-order valence-electron chi connectivity index (χ2n) is 5.25. The molecule has 3 rings (SSSR count). The lowest BCUT2D eigenvalue weighted by atomic mass is 10.2. The van der Waals surface area contributed by atoms with Crippen molar-refractivity contribution in [2.45, 2.75) is 18.4 Å². The van der Waals surface area contributed by atoms with Crippen LogP contribution in [0.25, 0.3) is 0 Å². The zero-order chi connectivity index (χ0) is 17.3. The first-order valence-electron chi connectivity index (χ1n) is 7.00. The normalized spacial score (nSPS) is 11.6. The third-order valence-corrected chi connectivity index (χ3v) is 4.92. The fourth-order valence-electron chi connectivity index (χ4n) is 2.26. The van der Waals surface area contributed by atoms with Crippen LogP contribution in [-0.4, -0.2) is 33.0 Å². The van der Waals surface area contributed by atoms with Gasteiger partial charge in [-0.05, 0) is 24.6 Å². The molecule has 0 aliphatic carbocycles. The molecular weight excluding hydrogens is 352 g/mol. The molecule has 0 aliphatic rings. The van der Waals surface area contributed by atoms with Crippen LogP contribution in [0.5, 0.6) is 0 Å². The molecule has 2 aromatic heterocycles. The van der Waals surface area contributed by atoms with Gasteiger partial charge in [0, 0.05) is 18.3 Å². The Morgan fingerprint density at radius 1 is 1.29 bits per heavy atom. The molecule has 0 bridgehead atoms. The topological polar surface area (TPSA) is 94.7 Å². The number of anilines is 1. The Hall–Kier alpha value is -2.39. The highest BCUT2D eigenvalue weighted by atomic mass is 35.5. The van der Waals surface area contributed by atoms with Crippen LogP contribution in [0.2, 0.25) is 5.02 Å². The highest BCUT2D eigenvalue weighted by Gasteiger charge is 2.21. The van der Waals surface area contributed by atoms with Crippen LogP contribution < -0.4 is 4.72 Å². The number of halogens is 1. The van der Waals surface area contributed by atoms with Gasteiger partial charge in [0.15, 0.2) is 0 Å². The first-order valence-corrected chi connectivity index (χ1v) is 8.86. The highest BCUT2D eigenvalue weighted by molar-refractivity contribution is 7.92. The number of hydrogen-bond acceptors (Lipinski definition) is 5. The molecule has 0 amide bonds. The molecular formula is C14H15ClN6O2S. The average Bonchev–Trinajstić information content (AvgIpc) is 3.05. The van der Waals surface area contributed by atoms with Crippen LogP contribution in [-0.2, 0) is 23.6 Å². The molecule has 1 aromatic carbocycles. The summed E-state index contributed by atoms with van der Waals surface area (Å²) in [6.07, 6.45) is 2.88. The number of hydrogen-bond donors (Lipinski definition) is 1. The Labute approximate surface area is 144 Å². The molecule has 0 saturated heterocycles. The van der Waals surface area contributed by atoms with Gasteiger partial charge in [0.1, 0.15) is 11.2 Å². The predicted octanol–water partition coefficient (Wildman–Crippen LogP) is 1.82. The Kier molecular flexibility index (Phi) is 4.29. The van der Waals surface area contributed by atoms with E-state index in [1.165, 1.54) is 21.9 Å². The van der Waals surface area contributed by atoms with E-state index in [2.05, 4.69) is 19.9 Å². The van der Waals surface area contributed by atoms with E-state index in [9.17, 15) is 8.42 Å². The molecule has 0 unspecified atom stereocenters. The van der Waals surface area contributed by atoms with Gasteiger partial charge in [-0.15, -0.1) is 5.10 Å². The maximum absolute atomic E-state index is 12.4. The smallest absolute Gasteiger partial charge is 0.267 e. The number of rotatable bonds is 5. The second-order valence-corrected chi connectivity index (χ2v) is 7.34. The molecule has 10 heteroatoms. The lowest BCUT2D eigenvalue weighted by Crippen LogP contribution is -2.15. The number of aryl methyl sites for hydroxylation is 2. The third-order valence-electron chi connectivity index (χ3n) is 3.25. The fraction of sp³-hybridized carbons (Fsp3) is 0.214. The maximum Gasteiger partial charge on any atom is 0.267 e. The minimum absolute atomic E-state index is 0.000260. The van der Waals surface area contributed by atoms with E-state index in [0.717, 1.165) is 5.56 Å². The largest absolute Gasteiger partial charge is 0.274 e. The molecule has 0 aliphatic heterocycles. The zero-order valence-corrected chi connectivity index (χ0v) is 14.6. The average molecular weight is 367 g/mol. The van der Waals surface area contributed by atoms with Crippen molar-refractivity contribution in [3.63, 3.8) is 0 Å². The molecule has 0 saturated carbocycles. The maximum atomic E-state index is 12.4. The van der Waals surface area contributed by atoms with Gasteiger partial charge in [-0.3, -0.25) is 4.68 Å². The van der Waals surface area contributed by atoms with E-state index in [1.807, 2.05) is 18.2 Å². The van der Waals surface area contributed by atoms with Crippen molar-refractivity contribution in [1.29, 1.82) is 0 Å². The number of nitrogens with zero attached hydrogens (tertiary/aromatic N) is 5. The molecule has 0 atom stereocenters. The molecule has 1 N–H and O–H groups in total. The quantitative estimate of drug-likeness (QED) is 0.743. The number of aromatic nitrogens is 5. The van der Waals surface area contributed by atoms with Crippen molar-refractivity contribution in [2.24, 2.45) is 7.05 Å². The van der Waals surface area contributed by atoms with Crippen molar-refractivity contribution in [3.8, 4) is 0 Å². The number of nitrogens with one attached hydrogen (secondary N) is 1. The second kappa shape index (κ2) is 6.25. The first kappa shape index (κ1) is 16.5. The molecule has 2 heterocycles. The summed E-state index contributed by atoms with van der Waals surface area (Å²) in [6, 6.07) is 7.33. The van der Waals surface area contributed by atoms with Crippen molar-refractivity contribution in [2.75, 3.05) is 4.72 Å². The molecule has 0 fully saturated rings. The molecule has 8 nitrogen and oxygen atoms in total. The van der Waals surface area contributed by atoms with Crippen LogP contribution in [0.15, 0.2) is 41.7 Å². The Balaban J connectivity index is 1.77. The lowest BCUT2D eigenvalue weighted by molar-refractivity contribution is 0.600. The highest BCUT2D eigenvalue weighted by Crippen LogP contribution is 2.16. The molecule has 0 radical (unpaired) electrons. The van der Waals surface area contributed by atoms with E-state index < -0.39 is 10.0 Å². The van der Waals surface area contributed by atoms with Crippen LogP contribution in [0.1, 0.15) is 11.3 Å². The summed E-state index contributed by atoms with van der Waals surface area (Å²) in [4.78, 5) is 4.08. The van der Waals surface area contributed by atoms with E-state index in [0.29, 0.717) is 17.3 Å². The minimum Gasteiger partial charge on any atom is -0.274 e. The van der Waals surface area contributed by atoms with Gasteiger partial charge < -0.3 is 0 Å². The summed E-state index contributed by atoms with van der Waals surface area (Å²) in [6.45, 7) is 2.06. The fourth-order valence-corrected chi connectivity index (χ4v) is 3.63. The summed E-state index contributed by atoms with van der Waals surface area (Å²) < 4.78 is 30.1. The molecule has 126 valence electrons. The monoisotopic (exact) mass is 366 g/mol. The standard InChI is InChI=1S/C14H15ClN6O2S/c1-10-13(8-20(2)17-10)24(22,23)19-14-16-9-21(18-14)7-11-4-3-5-12(15)6-11/h3-6,8-9H,7H2,1-2H3,(H,18,19). The summed E-state index contributed by atoms with van der Waals surface area (Å²) in [5.74, 6) is 0.000260. The van der Waals surface area contributed by atoms with Crippen LogP contribution in [0.4, 0.5) is 5.95 Å². The van der Waals surface area contributed by atoms with Crippen molar-refractivity contribution < 1.29 is 8.42 Å². The summed E-state index contributed by atoms with van der Waals surface area (Å²) in [5, 5.41) is 8.78. The lowest BCUT2D eigenvalue weighted by Gasteiger charge is -2.03. The van der Waals surface area contributed by atoms with E-state index in [4.69, 9.17) is 11.6 Å². The Bertz CT molecular complexity index is 979. The van der Waals surface area contributed by atoms with Gasteiger partial charge in [-0.25, -0.2) is 17.8 Å². The van der Waals surface area contributed by atoms with Gasteiger partial charge in [-0.2, -0.15) is 10.1 Å². The summed E-state index contributed by atoms with van der Waals surface area (Å²) >= 11 is 5.94. The van der Waals surface area contributed by atoms with Gasteiger partial charge in [0.2, 0.25) is 0 Å². The summed E-state index contributed by atoms with van der Waals surface area (Å²) in [5.41, 5.74) is 1.34. The molecule has 24 heavy (non-hydrogen) atoms. The van der Waals surface area contributed by atoms with Crippen LogP contribution >= 0.6 is 11.6 Å².